The van der Waals surface area contributed by atoms with Gasteiger partial charge in [0.2, 0.25) is 5.82 Å². The molecule has 2 aromatic rings. The van der Waals surface area contributed by atoms with E-state index in [0.717, 1.165) is 18.5 Å². The first kappa shape index (κ1) is 14.1. The van der Waals surface area contributed by atoms with Gasteiger partial charge in [-0.1, -0.05) is 18.2 Å². The van der Waals surface area contributed by atoms with E-state index >= 15 is 0 Å². The van der Waals surface area contributed by atoms with E-state index < -0.39 is 6.04 Å². The maximum atomic E-state index is 11.1. The van der Waals surface area contributed by atoms with Gasteiger partial charge in [-0.3, -0.25) is 10.1 Å². The first-order valence-corrected chi connectivity index (χ1v) is 8.10. The van der Waals surface area contributed by atoms with Gasteiger partial charge in [0, 0.05) is 29.2 Å². The van der Waals surface area contributed by atoms with Crippen LogP contribution < -0.4 is 0 Å². The fourth-order valence-corrected chi connectivity index (χ4v) is 3.29. The van der Waals surface area contributed by atoms with Crippen molar-refractivity contribution < 1.29 is 4.92 Å². The minimum atomic E-state index is -0.712. The van der Waals surface area contributed by atoms with Crippen LogP contribution in [-0.4, -0.2) is 25.9 Å². The third-order valence-corrected chi connectivity index (χ3v) is 4.52. The van der Waals surface area contributed by atoms with Gasteiger partial charge < -0.3 is 0 Å². The third kappa shape index (κ3) is 2.78. The highest BCUT2D eigenvalue weighted by Crippen LogP contribution is 2.27. The van der Waals surface area contributed by atoms with E-state index in [-0.39, 0.29) is 4.92 Å². The van der Waals surface area contributed by atoms with Crippen molar-refractivity contribution in [2.45, 2.75) is 36.7 Å². The molecule has 1 aromatic carbocycles. The lowest BCUT2D eigenvalue weighted by atomic mass is 10.1. The molecule has 1 atom stereocenters. The zero-order valence-corrected chi connectivity index (χ0v) is 12.5. The Kier molecular flexibility index (Phi) is 3.92. The maximum Gasteiger partial charge on any atom is 0.271 e. The molecule has 3 rings (SSSR count). The number of thioether (sulfide) groups is 1. The minimum absolute atomic E-state index is 0.251. The second kappa shape index (κ2) is 5.85. The number of hydrogen-bond acceptors (Lipinski definition) is 5. The molecule has 1 aromatic heterocycles. The minimum Gasteiger partial charge on any atom is -0.264 e. The van der Waals surface area contributed by atoms with Crippen molar-refractivity contribution in [1.82, 2.24) is 14.8 Å². The Morgan fingerprint density at radius 3 is 3.05 bits per heavy atom. The van der Waals surface area contributed by atoms with Crippen molar-refractivity contribution in [3.05, 3.63) is 51.6 Å². The summed E-state index contributed by atoms with van der Waals surface area (Å²) >= 11 is 1.68. The molecule has 7 heteroatoms. The second-order valence-corrected chi connectivity index (χ2v) is 5.89. The van der Waals surface area contributed by atoms with E-state index in [4.69, 9.17) is 0 Å². The van der Waals surface area contributed by atoms with Gasteiger partial charge in [-0.2, -0.15) is 5.10 Å². The van der Waals surface area contributed by atoms with Crippen LogP contribution in [0.3, 0.4) is 0 Å². The molecule has 21 heavy (non-hydrogen) atoms. The number of aryl methyl sites for hydroxylation is 1. The highest BCUT2D eigenvalue weighted by Gasteiger charge is 2.32. The summed E-state index contributed by atoms with van der Waals surface area (Å²) in [6, 6.07) is 7.40. The Bertz CT molecular complexity index is 671. The Morgan fingerprint density at radius 2 is 2.29 bits per heavy atom. The average Bonchev–Trinajstić information content (AvgIpc) is 2.89. The summed E-state index contributed by atoms with van der Waals surface area (Å²) in [4.78, 5) is 16.5. The summed E-state index contributed by atoms with van der Waals surface area (Å²) in [7, 11) is 0. The van der Waals surface area contributed by atoms with Gasteiger partial charge in [0.1, 0.15) is 0 Å². The predicted octanol–water partition coefficient (Wildman–Crippen LogP) is 2.70. The largest absolute Gasteiger partial charge is 0.271 e. The lowest BCUT2D eigenvalue weighted by Crippen LogP contribution is -2.22. The standard InChI is InChI=1S/C14H16N4O2S/c1-21-12-7-3-2-5-10(12)9-13-15-14-11(18(19)20)6-4-8-17(14)16-13/h2-3,5,7,11H,4,6,8-9H2,1H3. The number of nitro groups is 1. The molecule has 0 spiro atoms. The number of rotatable bonds is 4. The molecule has 0 amide bonds. The third-order valence-electron chi connectivity index (χ3n) is 3.69. The molecule has 1 aliphatic heterocycles. The van der Waals surface area contributed by atoms with Gasteiger partial charge in [0.25, 0.3) is 6.04 Å². The van der Waals surface area contributed by atoms with Crippen LogP contribution in [0.25, 0.3) is 0 Å². The summed E-state index contributed by atoms with van der Waals surface area (Å²) in [6.07, 6.45) is 3.98. The van der Waals surface area contributed by atoms with Crippen LogP contribution in [0, 0.1) is 10.1 Å². The first-order chi connectivity index (χ1) is 10.2. The smallest absolute Gasteiger partial charge is 0.264 e. The fraction of sp³-hybridized carbons (Fsp3) is 0.429. The van der Waals surface area contributed by atoms with Gasteiger partial charge in [-0.25, -0.2) is 9.67 Å². The number of hydrogen-bond donors (Lipinski definition) is 0. The Balaban J connectivity index is 1.89. The van der Waals surface area contributed by atoms with E-state index in [9.17, 15) is 10.1 Å². The zero-order valence-electron chi connectivity index (χ0n) is 11.7. The van der Waals surface area contributed by atoms with E-state index in [1.807, 2.05) is 18.4 Å². The summed E-state index contributed by atoms with van der Waals surface area (Å²) in [5.41, 5.74) is 1.16. The number of aromatic nitrogens is 3. The molecule has 0 fully saturated rings. The van der Waals surface area contributed by atoms with Crippen LogP contribution in [0.1, 0.15) is 36.1 Å². The van der Waals surface area contributed by atoms with Crippen LogP contribution >= 0.6 is 11.8 Å². The molecule has 0 saturated heterocycles. The monoisotopic (exact) mass is 304 g/mol. The summed E-state index contributed by atoms with van der Waals surface area (Å²) < 4.78 is 1.70. The Morgan fingerprint density at radius 1 is 1.48 bits per heavy atom. The van der Waals surface area contributed by atoms with Crippen molar-refractivity contribution in [3.8, 4) is 0 Å². The molecule has 0 aliphatic carbocycles. The molecular weight excluding hydrogens is 288 g/mol. The van der Waals surface area contributed by atoms with E-state index in [0.29, 0.717) is 24.5 Å². The molecule has 0 saturated carbocycles. The zero-order chi connectivity index (χ0) is 14.8. The van der Waals surface area contributed by atoms with Gasteiger partial charge in [0.15, 0.2) is 5.82 Å². The highest BCUT2D eigenvalue weighted by molar-refractivity contribution is 7.98. The Hall–Kier alpha value is -1.89. The summed E-state index contributed by atoms with van der Waals surface area (Å²) in [6.45, 7) is 0.719. The number of nitrogens with zero attached hydrogens (tertiary/aromatic N) is 4. The van der Waals surface area contributed by atoms with Crippen LogP contribution in [0.4, 0.5) is 0 Å². The highest BCUT2D eigenvalue weighted by atomic mass is 32.2. The lowest BCUT2D eigenvalue weighted by Gasteiger charge is -2.15. The van der Waals surface area contributed by atoms with Crippen LogP contribution in [0.2, 0.25) is 0 Å². The van der Waals surface area contributed by atoms with Gasteiger partial charge >= 0.3 is 0 Å². The molecule has 1 unspecified atom stereocenters. The van der Waals surface area contributed by atoms with Gasteiger partial charge in [-0.05, 0) is 24.3 Å². The summed E-state index contributed by atoms with van der Waals surface area (Å²) in [5.74, 6) is 1.17. The van der Waals surface area contributed by atoms with Crippen LogP contribution in [-0.2, 0) is 13.0 Å². The lowest BCUT2D eigenvalue weighted by molar-refractivity contribution is -0.533. The van der Waals surface area contributed by atoms with E-state index in [1.54, 1.807) is 16.4 Å². The topological polar surface area (TPSA) is 73.8 Å². The predicted molar refractivity (Wildman–Crippen MR) is 80.0 cm³/mol. The van der Waals surface area contributed by atoms with Crippen molar-refractivity contribution >= 4 is 11.8 Å². The molecule has 110 valence electrons. The summed E-state index contributed by atoms with van der Waals surface area (Å²) in [5, 5.41) is 15.6. The van der Waals surface area contributed by atoms with E-state index in [2.05, 4.69) is 22.2 Å². The SMILES string of the molecule is CSc1ccccc1Cc1nc2n(n1)CCCC2[N+](=O)[O-]. The van der Waals surface area contributed by atoms with Crippen molar-refractivity contribution in [2.24, 2.45) is 0 Å². The van der Waals surface area contributed by atoms with Crippen molar-refractivity contribution in [2.75, 3.05) is 6.26 Å². The van der Waals surface area contributed by atoms with Crippen LogP contribution in [0.5, 0.6) is 0 Å². The molecular formula is C14H16N4O2S. The normalized spacial score (nSPS) is 17.5. The number of benzene rings is 1. The van der Waals surface area contributed by atoms with Crippen LogP contribution in [0.15, 0.2) is 29.2 Å². The molecule has 6 nitrogen and oxygen atoms in total. The van der Waals surface area contributed by atoms with Crippen molar-refractivity contribution in [1.29, 1.82) is 0 Å². The molecule has 0 N–H and O–H groups in total. The number of fused-ring (bicyclic) bond motifs is 1. The fourth-order valence-electron chi connectivity index (χ4n) is 2.67. The van der Waals surface area contributed by atoms with E-state index in [1.165, 1.54) is 4.90 Å². The Labute approximate surface area is 126 Å². The molecule has 0 radical (unpaired) electrons. The molecule has 1 aliphatic rings. The first-order valence-electron chi connectivity index (χ1n) is 6.88. The molecule has 2 heterocycles. The second-order valence-electron chi connectivity index (χ2n) is 5.04. The average molecular weight is 304 g/mol. The van der Waals surface area contributed by atoms with Gasteiger partial charge in [0.05, 0.1) is 0 Å². The van der Waals surface area contributed by atoms with Gasteiger partial charge in [-0.15, -0.1) is 11.8 Å². The quantitative estimate of drug-likeness (QED) is 0.493. The van der Waals surface area contributed by atoms with Crippen molar-refractivity contribution in [3.63, 3.8) is 0 Å². The molecule has 0 bridgehead atoms. The maximum absolute atomic E-state index is 11.1.